The number of likely N-dealkylation sites (tertiary alicyclic amines) is 1. The summed E-state index contributed by atoms with van der Waals surface area (Å²) < 4.78 is 0. The number of amidine groups is 1. The summed E-state index contributed by atoms with van der Waals surface area (Å²) in [6, 6.07) is -0.489. The quantitative estimate of drug-likeness (QED) is 0.536. The molecule has 0 aromatic rings. The van der Waals surface area contributed by atoms with Crippen molar-refractivity contribution in [2.24, 2.45) is 5.73 Å². The molecule has 0 radical (unpaired) electrons. The van der Waals surface area contributed by atoms with Gasteiger partial charge in [-0.1, -0.05) is 6.42 Å². The summed E-state index contributed by atoms with van der Waals surface area (Å²) in [4.78, 5) is 12.1. The number of carbonyl (C=O) groups is 1. The van der Waals surface area contributed by atoms with Crippen LogP contribution in [0.25, 0.3) is 0 Å². The molecule has 1 heterocycles. The number of carbonyl (C=O) groups excluding carboxylic acids is 1. The fourth-order valence-corrected chi connectivity index (χ4v) is 1.25. The van der Waals surface area contributed by atoms with Gasteiger partial charge in [-0.3, -0.25) is 10.3 Å². The number of rotatable bonds is 0. The molecule has 1 aliphatic rings. The molecule has 62 valence electrons. The molecule has 1 saturated heterocycles. The molecule has 1 rings (SSSR count). The van der Waals surface area contributed by atoms with Gasteiger partial charge < -0.3 is 5.73 Å². The third-order valence-corrected chi connectivity index (χ3v) is 1.89. The highest BCUT2D eigenvalue weighted by Crippen LogP contribution is 2.10. The van der Waals surface area contributed by atoms with Crippen molar-refractivity contribution in [1.29, 1.82) is 5.41 Å². The van der Waals surface area contributed by atoms with Gasteiger partial charge in [-0.15, -0.1) is 0 Å². The Morgan fingerprint density at radius 1 is 1.45 bits per heavy atom. The van der Waals surface area contributed by atoms with Gasteiger partial charge in [0.2, 0.25) is 0 Å². The standard InChI is InChI=1S/C7H13N3O/c8-6-4-2-1-3-5-10(6)7(9)11/h8H,1-5H2,(H2,9,11). The Kier molecular flexibility index (Phi) is 2.46. The van der Waals surface area contributed by atoms with Gasteiger partial charge in [-0.25, -0.2) is 4.79 Å². The minimum absolute atomic E-state index is 0.370. The Hall–Kier alpha value is -1.06. The molecule has 2 amide bonds. The molecule has 1 fully saturated rings. The smallest absolute Gasteiger partial charge is 0.320 e. The lowest BCUT2D eigenvalue weighted by Gasteiger charge is -2.17. The van der Waals surface area contributed by atoms with Crippen molar-refractivity contribution in [1.82, 2.24) is 4.90 Å². The molecule has 0 aromatic carbocycles. The second-order valence-electron chi connectivity index (χ2n) is 2.75. The molecule has 4 heteroatoms. The minimum Gasteiger partial charge on any atom is -0.351 e. The van der Waals surface area contributed by atoms with Crippen LogP contribution in [0.3, 0.4) is 0 Å². The third-order valence-electron chi connectivity index (χ3n) is 1.89. The Balaban J connectivity index is 2.59. The second kappa shape index (κ2) is 3.37. The molecule has 0 unspecified atom stereocenters. The van der Waals surface area contributed by atoms with Crippen LogP contribution in [0.2, 0.25) is 0 Å². The summed E-state index contributed by atoms with van der Waals surface area (Å²) in [7, 11) is 0. The van der Waals surface area contributed by atoms with Crippen molar-refractivity contribution in [2.75, 3.05) is 6.54 Å². The van der Waals surface area contributed by atoms with E-state index in [4.69, 9.17) is 11.1 Å². The molecule has 0 spiro atoms. The van der Waals surface area contributed by atoms with E-state index in [-0.39, 0.29) is 0 Å². The van der Waals surface area contributed by atoms with Crippen molar-refractivity contribution >= 4 is 11.9 Å². The summed E-state index contributed by atoms with van der Waals surface area (Å²) >= 11 is 0. The van der Waals surface area contributed by atoms with Gasteiger partial charge in [-0.05, 0) is 12.8 Å². The molecule has 11 heavy (non-hydrogen) atoms. The van der Waals surface area contributed by atoms with Crippen LogP contribution in [0.1, 0.15) is 25.7 Å². The lowest BCUT2D eigenvalue weighted by Crippen LogP contribution is -2.39. The highest BCUT2D eigenvalue weighted by atomic mass is 16.2. The number of nitrogens with two attached hydrogens (primary N) is 1. The van der Waals surface area contributed by atoms with Crippen LogP contribution < -0.4 is 5.73 Å². The van der Waals surface area contributed by atoms with E-state index in [0.717, 1.165) is 19.3 Å². The van der Waals surface area contributed by atoms with Crippen molar-refractivity contribution in [3.8, 4) is 0 Å². The van der Waals surface area contributed by atoms with E-state index in [1.165, 1.54) is 4.90 Å². The Bertz CT molecular complexity index is 179. The number of hydrogen-bond donors (Lipinski definition) is 2. The maximum atomic E-state index is 10.7. The SMILES string of the molecule is N=C1CCCCCN1C(N)=O. The van der Waals surface area contributed by atoms with Crippen LogP contribution in [-0.2, 0) is 0 Å². The van der Waals surface area contributed by atoms with E-state index in [2.05, 4.69) is 0 Å². The van der Waals surface area contributed by atoms with Gasteiger partial charge in [-0.2, -0.15) is 0 Å². The highest BCUT2D eigenvalue weighted by Gasteiger charge is 2.16. The molecule has 3 N–H and O–H groups in total. The van der Waals surface area contributed by atoms with Gasteiger partial charge in [0.1, 0.15) is 5.84 Å². The predicted molar refractivity (Wildman–Crippen MR) is 42.5 cm³/mol. The minimum atomic E-state index is -0.489. The van der Waals surface area contributed by atoms with Crippen LogP contribution in [0, 0.1) is 5.41 Å². The number of nitrogens with one attached hydrogen (secondary N) is 1. The molecule has 0 saturated carbocycles. The fraction of sp³-hybridized carbons (Fsp3) is 0.714. The number of nitrogens with zero attached hydrogens (tertiary/aromatic N) is 1. The van der Waals surface area contributed by atoms with Crippen LogP contribution >= 0.6 is 0 Å². The summed E-state index contributed by atoms with van der Waals surface area (Å²) in [5, 5.41) is 7.44. The molecule has 1 aliphatic heterocycles. The highest BCUT2D eigenvalue weighted by molar-refractivity contribution is 5.95. The molecule has 0 bridgehead atoms. The van der Waals surface area contributed by atoms with Gasteiger partial charge >= 0.3 is 6.03 Å². The Labute approximate surface area is 65.9 Å². The van der Waals surface area contributed by atoms with Crippen molar-refractivity contribution in [3.63, 3.8) is 0 Å². The summed E-state index contributed by atoms with van der Waals surface area (Å²) in [5.74, 6) is 0.370. The third kappa shape index (κ3) is 1.93. The zero-order chi connectivity index (χ0) is 8.27. The average molecular weight is 155 g/mol. The monoisotopic (exact) mass is 155 g/mol. The molecular formula is C7H13N3O. The maximum absolute atomic E-state index is 10.7. The first-order valence-electron chi connectivity index (χ1n) is 3.86. The summed E-state index contributed by atoms with van der Waals surface area (Å²) in [5.41, 5.74) is 5.07. The van der Waals surface area contributed by atoms with E-state index < -0.39 is 6.03 Å². The molecule has 0 atom stereocenters. The fourth-order valence-electron chi connectivity index (χ4n) is 1.25. The van der Waals surface area contributed by atoms with Crippen molar-refractivity contribution in [3.05, 3.63) is 0 Å². The number of amides is 2. The van der Waals surface area contributed by atoms with Gasteiger partial charge in [0.05, 0.1) is 0 Å². The topological polar surface area (TPSA) is 70.2 Å². The second-order valence-corrected chi connectivity index (χ2v) is 2.75. The van der Waals surface area contributed by atoms with E-state index in [0.29, 0.717) is 18.8 Å². The van der Waals surface area contributed by atoms with Crippen LogP contribution in [0.5, 0.6) is 0 Å². The van der Waals surface area contributed by atoms with E-state index in [1.54, 1.807) is 0 Å². The first-order valence-corrected chi connectivity index (χ1v) is 3.86. The first kappa shape index (κ1) is 8.04. The van der Waals surface area contributed by atoms with E-state index >= 15 is 0 Å². The summed E-state index contributed by atoms with van der Waals surface area (Å²) in [6.45, 7) is 0.619. The number of urea groups is 1. The van der Waals surface area contributed by atoms with Gasteiger partial charge in [0.25, 0.3) is 0 Å². The van der Waals surface area contributed by atoms with Gasteiger partial charge in [0, 0.05) is 13.0 Å². The normalized spacial score (nSPS) is 19.6. The molecule has 4 nitrogen and oxygen atoms in total. The van der Waals surface area contributed by atoms with E-state index in [1.807, 2.05) is 0 Å². The lowest BCUT2D eigenvalue weighted by molar-refractivity contribution is 0.229. The molecule has 0 aliphatic carbocycles. The number of primary amides is 1. The number of hydrogen-bond acceptors (Lipinski definition) is 2. The Morgan fingerprint density at radius 2 is 2.18 bits per heavy atom. The van der Waals surface area contributed by atoms with Crippen LogP contribution in [0.4, 0.5) is 4.79 Å². The first-order chi connectivity index (χ1) is 5.22. The molecule has 0 aromatic heterocycles. The largest absolute Gasteiger partial charge is 0.351 e. The Morgan fingerprint density at radius 3 is 2.82 bits per heavy atom. The van der Waals surface area contributed by atoms with Crippen molar-refractivity contribution < 1.29 is 4.79 Å². The van der Waals surface area contributed by atoms with Crippen LogP contribution in [-0.4, -0.2) is 23.3 Å². The zero-order valence-corrected chi connectivity index (χ0v) is 6.47. The average Bonchev–Trinajstić information content (AvgIpc) is 2.13. The van der Waals surface area contributed by atoms with Gasteiger partial charge in [0.15, 0.2) is 0 Å². The predicted octanol–water partition coefficient (Wildman–Crippen LogP) is 0.918. The van der Waals surface area contributed by atoms with E-state index in [9.17, 15) is 4.79 Å². The summed E-state index contributed by atoms with van der Waals surface area (Å²) in [6.07, 6.45) is 3.74. The molecular weight excluding hydrogens is 142 g/mol. The maximum Gasteiger partial charge on any atom is 0.320 e. The zero-order valence-electron chi connectivity index (χ0n) is 6.47. The van der Waals surface area contributed by atoms with Crippen molar-refractivity contribution in [2.45, 2.75) is 25.7 Å². The lowest BCUT2D eigenvalue weighted by atomic mass is 10.2. The van der Waals surface area contributed by atoms with Crippen LogP contribution in [0.15, 0.2) is 0 Å².